The minimum atomic E-state index is -0.490. The highest BCUT2D eigenvalue weighted by atomic mass is 16.5. The van der Waals surface area contributed by atoms with Crippen LogP contribution < -0.4 is 21.1 Å². The molecule has 0 heterocycles. The first-order chi connectivity index (χ1) is 12.9. The van der Waals surface area contributed by atoms with Crippen LogP contribution in [0.1, 0.15) is 31.0 Å². The van der Waals surface area contributed by atoms with E-state index in [-0.39, 0.29) is 11.6 Å². The number of anilines is 2. The molecule has 6 heteroatoms. The third-order valence-corrected chi connectivity index (χ3v) is 3.94. The molecule has 1 amide bonds. The molecule has 2 aromatic carbocycles. The molecule has 1 atom stereocenters. The number of nitrogen functional groups attached to an aromatic ring is 1. The number of amides is 1. The average molecular weight is 364 g/mol. The second-order valence-corrected chi connectivity index (χ2v) is 6.11. The van der Waals surface area contributed by atoms with Crippen LogP contribution in [0.5, 0.6) is 5.75 Å². The first-order valence-corrected chi connectivity index (χ1v) is 8.71. The molecule has 0 spiro atoms. The summed E-state index contributed by atoms with van der Waals surface area (Å²) in [7, 11) is 0. The van der Waals surface area contributed by atoms with E-state index in [1.165, 1.54) is 6.20 Å². The van der Waals surface area contributed by atoms with Gasteiger partial charge in [-0.05, 0) is 51.1 Å². The molecule has 4 N–H and O–H groups in total. The molecule has 1 unspecified atom stereocenters. The Balaban J connectivity index is 2.12. The van der Waals surface area contributed by atoms with Gasteiger partial charge >= 0.3 is 0 Å². The zero-order chi connectivity index (χ0) is 19.8. The number of hydrogen-bond acceptors (Lipinski definition) is 5. The SMILES string of the molecule is CCOc1ccc(C)cc1C(C)N/C=C(/C#N)C(=O)Nc1ccc(N)cc1. The smallest absolute Gasteiger partial charge is 0.267 e. The number of nitrogens with one attached hydrogen (secondary N) is 2. The van der Waals surface area contributed by atoms with E-state index < -0.39 is 5.91 Å². The third-order valence-electron chi connectivity index (χ3n) is 3.94. The summed E-state index contributed by atoms with van der Waals surface area (Å²) in [4.78, 5) is 12.3. The van der Waals surface area contributed by atoms with Crippen LogP contribution in [0.15, 0.2) is 54.2 Å². The molecule has 0 saturated carbocycles. The Morgan fingerprint density at radius 1 is 1.30 bits per heavy atom. The van der Waals surface area contributed by atoms with Gasteiger partial charge in [-0.3, -0.25) is 4.79 Å². The van der Waals surface area contributed by atoms with Gasteiger partial charge in [0.05, 0.1) is 12.6 Å². The van der Waals surface area contributed by atoms with Gasteiger partial charge in [0.25, 0.3) is 5.91 Å². The van der Waals surface area contributed by atoms with Crippen molar-refractivity contribution in [3.8, 4) is 11.8 Å². The van der Waals surface area contributed by atoms with E-state index in [1.807, 2.05) is 45.0 Å². The zero-order valence-corrected chi connectivity index (χ0v) is 15.7. The summed E-state index contributed by atoms with van der Waals surface area (Å²) in [5.41, 5.74) is 8.84. The molecule has 6 nitrogen and oxygen atoms in total. The minimum Gasteiger partial charge on any atom is -0.494 e. The van der Waals surface area contributed by atoms with Crippen molar-refractivity contribution in [3.05, 3.63) is 65.4 Å². The Morgan fingerprint density at radius 3 is 2.63 bits per heavy atom. The fourth-order valence-electron chi connectivity index (χ4n) is 2.50. The number of carbonyl (C=O) groups excluding carboxylic acids is 1. The maximum absolute atomic E-state index is 12.3. The summed E-state index contributed by atoms with van der Waals surface area (Å²) >= 11 is 0. The van der Waals surface area contributed by atoms with Crippen LogP contribution in [-0.4, -0.2) is 12.5 Å². The van der Waals surface area contributed by atoms with Crippen molar-refractivity contribution in [2.75, 3.05) is 17.7 Å². The quantitative estimate of drug-likeness (QED) is 0.395. The minimum absolute atomic E-state index is 0.0238. The lowest BCUT2D eigenvalue weighted by atomic mass is 10.0. The number of ether oxygens (including phenoxy) is 1. The number of benzene rings is 2. The molecule has 140 valence electrons. The van der Waals surface area contributed by atoms with Crippen molar-refractivity contribution >= 4 is 17.3 Å². The molecule has 0 aliphatic heterocycles. The summed E-state index contributed by atoms with van der Waals surface area (Å²) < 4.78 is 5.67. The van der Waals surface area contributed by atoms with Crippen molar-refractivity contribution < 1.29 is 9.53 Å². The number of aryl methyl sites for hydroxylation is 1. The molecule has 0 bridgehead atoms. The number of nitriles is 1. The van der Waals surface area contributed by atoms with Crippen LogP contribution in [0.25, 0.3) is 0 Å². The van der Waals surface area contributed by atoms with Crippen molar-refractivity contribution in [1.82, 2.24) is 5.32 Å². The molecule has 0 saturated heterocycles. The third kappa shape index (κ3) is 5.51. The topological polar surface area (TPSA) is 100 Å². The van der Waals surface area contributed by atoms with Crippen molar-refractivity contribution in [3.63, 3.8) is 0 Å². The fourth-order valence-corrected chi connectivity index (χ4v) is 2.50. The lowest BCUT2D eigenvalue weighted by molar-refractivity contribution is -0.112. The van der Waals surface area contributed by atoms with Gasteiger partial charge in [-0.1, -0.05) is 17.7 Å². The van der Waals surface area contributed by atoms with Crippen LogP contribution in [0.2, 0.25) is 0 Å². The van der Waals surface area contributed by atoms with Crippen molar-refractivity contribution in [1.29, 1.82) is 5.26 Å². The molecular weight excluding hydrogens is 340 g/mol. The molecule has 27 heavy (non-hydrogen) atoms. The molecule has 0 aromatic heterocycles. The fraction of sp³-hybridized carbons (Fsp3) is 0.238. The molecule has 0 radical (unpaired) electrons. The maximum Gasteiger partial charge on any atom is 0.267 e. The van der Waals surface area contributed by atoms with Gasteiger partial charge in [0.15, 0.2) is 0 Å². The van der Waals surface area contributed by atoms with E-state index in [4.69, 9.17) is 10.5 Å². The highest BCUT2D eigenvalue weighted by Crippen LogP contribution is 2.26. The van der Waals surface area contributed by atoms with E-state index in [0.29, 0.717) is 18.0 Å². The Bertz CT molecular complexity index is 867. The van der Waals surface area contributed by atoms with Gasteiger partial charge in [-0.2, -0.15) is 5.26 Å². The summed E-state index contributed by atoms with van der Waals surface area (Å²) in [5, 5.41) is 15.1. The predicted octanol–water partition coefficient (Wildman–Crippen LogP) is 3.67. The van der Waals surface area contributed by atoms with Gasteiger partial charge in [0.2, 0.25) is 0 Å². The van der Waals surface area contributed by atoms with Crippen LogP contribution in [0, 0.1) is 18.3 Å². The van der Waals surface area contributed by atoms with Crippen molar-refractivity contribution in [2.45, 2.75) is 26.8 Å². The molecule has 0 aliphatic rings. The van der Waals surface area contributed by atoms with Gasteiger partial charge < -0.3 is 21.1 Å². The van der Waals surface area contributed by atoms with Gasteiger partial charge in [-0.15, -0.1) is 0 Å². The number of nitrogens with two attached hydrogens (primary N) is 1. The second-order valence-electron chi connectivity index (χ2n) is 6.11. The standard InChI is InChI=1S/C21H24N4O2/c1-4-27-20-10-5-14(2)11-19(20)15(3)24-13-16(12-22)21(26)25-18-8-6-17(23)7-9-18/h5-11,13,15,24H,4,23H2,1-3H3,(H,25,26)/b16-13-. The van der Waals surface area contributed by atoms with E-state index in [1.54, 1.807) is 24.3 Å². The van der Waals surface area contributed by atoms with E-state index >= 15 is 0 Å². The Labute approximate surface area is 159 Å². The summed E-state index contributed by atoms with van der Waals surface area (Å²) in [5.74, 6) is 0.289. The van der Waals surface area contributed by atoms with Gasteiger partial charge in [0.1, 0.15) is 17.4 Å². The van der Waals surface area contributed by atoms with E-state index in [0.717, 1.165) is 16.9 Å². The monoisotopic (exact) mass is 364 g/mol. The molecular formula is C21H24N4O2. The molecule has 0 aliphatic carbocycles. The number of nitrogens with zero attached hydrogens (tertiary/aromatic N) is 1. The van der Waals surface area contributed by atoms with E-state index in [2.05, 4.69) is 10.6 Å². The number of carbonyl (C=O) groups is 1. The lowest BCUT2D eigenvalue weighted by Crippen LogP contribution is -2.19. The summed E-state index contributed by atoms with van der Waals surface area (Å²) in [6.45, 7) is 6.44. The van der Waals surface area contributed by atoms with E-state index in [9.17, 15) is 10.1 Å². The first-order valence-electron chi connectivity index (χ1n) is 8.71. The van der Waals surface area contributed by atoms with Crippen molar-refractivity contribution in [2.24, 2.45) is 0 Å². The summed E-state index contributed by atoms with van der Waals surface area (Å²) in [6, 6.07) is 14.4. The van der Waals surface area contributed by atoms with Crippen LogP contribution in [-0.2, 0) is 4.79 Å². The highest BCUT2D eigenvalue weighted by molar-refractivity contribution is 6.06. The van der Waals surface area contributed by atoms with Gasteiger partial charge in [0, 0.05) is 23.1 Å². The Hall–Kier alpha value is -3.46. The average Bonchev–Trinajstić information content (AvgIpc) is 2.65. The van der Waals surface area contributed by atoms with Crippen LogP contribution >= 0.6 is 0 Å². The zero-order valence-electron chi connectivity index (χ0n) is 15.7. The Morgan fingerprint density at radius 2 is 2.00 bits per heavy atom. The van der Waals surface area contributed by atoms with Gasteiger partial charge in [-0.25, -0.2) is 0 Å². The molecule has 2 rings (SSSR count). The Kier molecular flexibility index (Phi) is 6.84. The van der Waals surface area contributed by atoms with Crippen LogP contribution in [0.3, 0.4) is 0 Å². The lowest BCUT2D eigenvalue weighted by Gasteiger charge is -2.18. The largest absolute Gasteiger partial charge is 0.494 e. The molecule has 0 fully saturated rings. The second kappa shape index (κ2) is 9.30. The van der Waals surface area contributed by atoms with Crippen LogP contribution in [0.4, 0.5) is 11.4 Å². The molecule has 2 aromatic rings. The number of rotatable bonds is 7. The summed E-state index contributed by atoms with van der Waals surface area (Å²) in [6.07, 6.45) is 1.43. The first kappa shape index (κ1) is 19.9. The number of hydrogen-bond donors (Lipinski definition) is 3. The maximum atomic E-state index is 12.3. The normalized spacial score (nSPS) is 12.0. The predicted molar refractivity (Wildman–Crippen MR) is 107 cm³/mol. The highest BCUT2D eigenvalue weighted by Gasteiger charge is 2.13.